The van der Waals surface area contributed by atoms with E-state index in [1.165, 1.54) is 36.4 Å². The first-order chi connectivity index (χ1) is 18.9. The monoisotopic (exact) mass is 577 g/mol. The summed E-state index contributed by atoms with van der Waals surface area (Å²) in [6, 6.07) is 6.16. The maximum absolute atomic E-state index is 12.5. The lowest BCUT2D eigenvalue weighted by molar-refractivity contribution is -0.139. The highest BCUT2D eigenvalue weighted by atomic mass is 32.2. The number of hydrogen-bond acceptors (Lipinski definition) is 11. The molecule has 3 unspecified atom stereocenters. The van der Waals surface area contributed by atoms with Gasteiger partial charge in [-0.2, -0.15) is 0 Å². The fourth-order valence-corrected chi connectivity index (χ4v) is 4.48. The van der Waals surface area contributed by atoms with E-state index in [1.54, 1.807) is 6.07 Å². The van der Waals surface area contributed by atoms with Crippen molar-refractivity contribution in [3.05, 3.63) is 54.4 Å². The van der Waals surface area contributed by atoms with Crippen molar-refractivity contribution in [1.29, 1.82) is 0 Å². The van der Waals surface area contributed by atoms with Crippen LogP contribution in [0, 0.1) is 0 Å². The molecule has 0 radical (unpaired) electrons. The zero-order chi connectivity index (χ0) is 29.4. The van der Waals surface area contributed by atoms with Crippen LogP contribution in [0.2, 0.25) is 0 Å². The van der Waals surface area contributed by atoms with Crippen molar-refractivity contribution >= 4 is 45.4 Å². The largest absolute Gasteiger partial charge is 0.480 e. The Labute approximate surface area is 227 Å². The van der Waals surface area contributed by atoms with E-state index < -0.39 is 77.1 Å². The zero-order valence-corrected chi connectivity index (χ0v) is 21.5. The second-order valence-electron chi connectivity index (χ2n) is 8.43. The molecular formula is C22H27N9O8S. The number of nitrogens with one attached hydrogen (secondary N) is 6. The molecule has 18 heteroatoms. The molecule has 0 bridgehead atoms. The summed E-state index contributed by atoms with van der Waals surface area (Å²) in [5.74, 6) is -3.90. The van der Waals surface area contributed by atoms with Gasteiger partial charge in [0.05, 0.1) is 22.9 Å². The summed E-state index contributed by atoms with van der Waals surface area (Å²) < 4.78 is 26.3. The number of nitrogens with zero attached hydrogens (tertiary/aromatic N) is 1. The van der Waals surface area contributed by atoms with E-state index >= 15 is 0 Å². The van der Waals surface area contributed by atoms with Gasteiger partial charge in [-0.1, -0.05) is 18.2 Å². The lowest BCUT2D eigenvalue weighted by Crippen LogP contribution is -2.73. The van der Waals surface area contributed by atoms with Gasteiger partial charge in [-0.25, -0.2) is 27.7 Å². The minimum atomic E-state index is -4.14. The van der Waals surface area contributed by atoms with E-state index in [1.807, 2.05) is 4.72 Å². The number of carbonyl (C=O) groups excluding carboxylic acids is 4. The third kappa shape index (κ3) is 8.17. The van der Waals surface area contributed by atoms with Crippen molar-refractivity contribution < 1.29 is 37.5 Å². The normalized spacial score (nSPS) is 19.4. The third-order valence-corrected chi connectivity index (χ3v) is 6.81. The number of anilines is 1. The fourth-order valence-electron chi connectivity index (χ4n) is 3.44. The summed E-state index contributed by atoms with van der Waals surface area (Å²) in [7, 11) is -4.14. The summed E-state index contributed by atoms with van der Waals surface area (Å²) in [5, 5.41) is 21.4. The van der Waals surface area contributed by atoms with E-state index in [2.05, 4.69) is 31.6 Å². The molecule has 1 fully saturated rings. The lowest BCUT2D eigenvalue weighted by atomic mass is 10.1. The molecule has 17 nitrogen and oxygen atoms in total. The first-order valence-electron chi connectivity index (χ1n) is 11.6. The van der Waals surface area contributed by atoms with Crippen LogP contribution in [-0.4, -0.2) is 72.8 Å². The number of nitrogens with two attached hydrogens (primary N) is 2. The number of urea groups is 1. The van der Waals surface area contributed by atoms with Gasteiger partial charge in [0.25, 0.3) is 15.9 Å². The molecule has 0 saturated carbocycles. The molecule has 1 aromatic heterocycles. The Bertz CT molecular complexity index is 1370. The van der Waals surface area contributed by atoms with Crippen LogP contribution in [0.4, 0.5) is 10.5 Å². The van der Waals surface area contributed by atoms with Crippen LogP contribution < -0.4 is 42.8 Å². The van der Waals surface area contributed by atoms with Gasteiger partial charge < -0.3 is 32.1 Å². The van der Waals surface area contributed by atoms with Crippen molar-refractivity contribution in [2.24, 2.45) is 11.5 Å². The topological polar surface area (TPSA) is 277 Å². The molecule has 1 aliphatic rings. The summed E-state index contributed by atoms with van der Waals surface area (Å²) in [5.41, 5.74) is 11.2. The zero-order valence-electron chi connectivity index (χ0n) is 20.7. The van der Waals surface area contributed by atoms with Crippen LogP contribution in [0.5, 0.6) is 0 Å². The molecule has 1 aromatic carbocycles. The molecule has 0 spiro atoms. The van der Waals surface area contributed by atoms with E-state index in [0.717, 1.165) is 6.20 Å². The second kappa shape index (κ2) is 12.9. The molecule has 1 aliphatic heterocycles. The predicted octanol–water partition coefficient (Wildman–Crippen LogP) is -2.71. The number of hydrogen-bond donors (Lipinski definition) is 9. The van der Waals surface area contributed by atoms with E-state index in [0.29, 0.717) is 0 Å². The van der Waals surface area contributed by atoms with Gasteiger partial charge in [0.2, 0.25) is 11.8 Å². The number of rotatable bonds is 10. The molecule has 2 heterocycles. The molecule has 1 saturated heterocycles. The maximum atomic E-state index is 12.5. The Balaban J connectivity index is 1.52. The number of aliphatic carboxylic acids is 1. The molecule has 214 valence electrons. The van der Waals surface area contributed by atoms with Crippen LogP contribution in [0.15, 0.2) is 53.6 Å². The highest BCUT2D eigenvalue weighted by Gasteiger charge is 2.33. The Morgan fingerprint density at radius 1 is 1.07 bits per heavy atom. The predicted molar refractivity (Wildman–Crippen MR) is 137 cm³/mol. The van der Waals surface area contributed by atoms with Crippen LogP contribution in [-0.2, 0) is 24.4 Å². The van der Waals surface area contributed by atoms with Crippen LogP contribution in [0.25, 0.3) is 0 Å². The molecule has 4 atom stereocenters. The van der Waals surface area contributed by atoms with Crippen molar-refractivity contribution in [3.63, 3.8) is 0 Å². The quantitative estimate of drug-likeness (QED) is 0.139. The average molecular weight is 578 g/mol. The van der Waals surface area contributed by atoms with Crippen molar-refractivity contribution in [3.8, 4) is 0 Å². The molecule has 40 heavy (non-hydrogen) atoms. The third-order valence-electron chi connectivity index (χ3n) is 5.42. The van der Waals surface area contributed by atoms with Crippen LogP contribution in [0.1, 0.15) is 23.3 Å². The Hall–Kier alpha value is -4.65. The Morgan fingerprint density at radius 3 is 2.38 bits per heavy atom. The average Bonchev–Trinajstić information content (AvgIpc) is 2.89. The summed E-state index contributed by atoms with van der Waals surface area (Å²) in [6.45, 7) is 0. The summed E-state index contributed by atoms with van der Waals surface area (Å²) in [4.78, 5) is 64.2. The Morgan fingerprint density at radius 2 is 1.77 bits per heavy atom. The minimum Gasteiger partial charge on any atom is -0.480 e. The van der Waals surface area contributed by atoms with Gasteiger partial charge in [-0.3, -0.25) is 25.4 Å². The van der Waals surface area contributed by atoms with Crippen LogP contribution >= 0.6 is 0 Å². The first kappa shape index (κ1) is 29.9. The number of benzene rings is 1. The number of carboxylic acids is 1. The van der Waals surface area contributed by atoms with Gasteiger partial charge in [0.15, 0.2) is 0 Å². The van der Waals surface area contributed by atoms with Crippen LogP contribution in [0.3, 0.4) is 0 Å². The molecule has 0 aliphatic carbocycles. The highest BCUT2D eigenvalue weighted by Crippen LogP contribution is 2.10. The number of carboxylic acid groups (broad SMARTS) is 1. The second-order valence-corrected chi connectivity index (χ2v) is 10.1. The number of pyridine rings is 1. The molecule has 3 rings (SSSR count). The van der Waals surface area contributed by atoms with Gasteiger partial charge in [-0.15, -0.1) is 0 Å². The maximum Gasteiger partial charge on any atom is 0.326 e. The molecule has 2 aromatic rings. The number of carbonyl (C=O) groups is 5. The smallest absolute Gasteiger partial charge is 0.326 e. The summed E-state index contributed by atoms with van der Waals surface area (Å²) >= 11 is 0. The highest BCUT2D eigenvalue weighted by molar-refractivity contribution is 7.90. The van der Waals surface area contributed by atoms with Crippen molar-refractivity contribution in [2.45, 2.75) is 42.3 Å². The standard InChI is InChI=1S/C22H27N9O8S/c23-17-16(19(34)30-21(24)29-17)28-22(37)26-11-6-7-13(25-10-11)18(33)27-14(20(35)36)8-9-15(32)31-40(38,39)12-4-2-1-3-5-12/h1-7,10,14,16-17,21,29H,8-9,23-24H2,(H,27,33)(H,30,34)(H,31,32)(H,35,36)(H2,26,28,37)/t14-,16?,17?,21?/m0/s1. The van der Waals surface area contributed by atoms with E-state index in [-0.39, 0.29) is 16.3 Å². The number of sulfonamides is 1. The molecule has 5 amide bonds. The van der Waals surface area contributed by atoms with E-state index in [4.69, 9.17) is 11.5 Å². The number of amides is 5. The number of aromatic nitrogens is 1. The molecule has 11 N–H and O–H groups in total. The van der Waals surface area contributed by atoms with Crippen molar-refractivity contribution in [2.75, 3.05) is 5.32 Å². The first-order valence-corrected chi connectivity index (χ1v) is 13.1. The Kier molecular flexibility index (Phi) is 9.67. The summed E-state index contributed by atoms with van der Waals surface area (Å²) in [6.07, 6.45) is -1.62. The van der Waals surface area contributed by atoms with Gasteiger partial charge in [0, 0.05) is 6.42 Å². The molecular weight excluding hydrogens is 550 g/mol. The SMILES string of the molecule is NC1NC(=O)C(NC(=O)Nc2ccc(C(=O)N[C@@H](CCC(=O)NS(=O)(=O)c3ccccc3)C(=O)O)nc2)C(N)N1. The van der Waals surface area contributed by atoms with Gasteiger partial charge in [0.1, 0.15) is 24.1 Å². The van der Waals surface area contributed by atoms with Crippen molar-refractivity contribution in [1.82, 2.24) is 31.0 Å². The minimum absolute atomic E-state index is 0.134. The van der Waals surface area contributed by atoms with Gasteiger partial charge in [-0.05, 0) is 30.7 Å². The van der Waals surface area contributed by atoms with E-state index in [9.17, 15) is 37.5 Å². The lowest BCUT2D eigenvalue weighted by Gasteiger charge is -2.33. The van der Waals surface area contributed by atoms with Gasteiger partial charge >= 0.3 is 12.0 Å². The fraction of sp³-hybridized carbons (Fsp3) is 0.273.